The summed E-state index contributed by atoms with van der Waals surface area (Å²) < 4.78 is 0. The van der Waals surface area contributed by atoms with Crippen LogP contribution in [0.3, 0.4) is 0 Å². The highest BCUT2D eigenvalue weighted by Gasteiger charge is 2.17. The summed E-state index contributed by atoms with van der Waals surface area (Å²) in [5.74, 6) is 0.0226. The van der Waals surface area contributed by atoms with E-state index in [0.717, 1.165) is 48.8 Å². The summed E-state index contributed by atoms with van der Waals surface area (Å²) in [6.07, 6.45) is 5.10. The van der Waals surface area contributed by atoms with Crippen molar-refractivity contribution in [2.24, 2.45) is 4.99 Å². The Morgan fingerprint density at radius 3 is 2.12 bits per heavy atom. The maximum absolute atomic E-state index is 11.8. The molecule has 0 radical (unpaired) electrons. The van der Waals surface area contributed by atoms with Crippen LogP contribution in [-0.4, -0.2) is 42.6 Å². The largest absolute Gasteiger partial charge is 0.372 e. The molecular formula is C21H29N3O. The molecule has 0 N–H and O–H groups in total. The van der Waals surface area contributed by atoms with Gasteiger partial charge < -0.3 is 9.80 Å². The topological polar surface area (TPSA) is 35.9 Å². The molecular weight excluding hydrogens is 310 g/mol. The number of ketones is 1. The van der Waals surface area contributed by atoms with Gasteiger partial charge in [-0.25, -0.2) is 4.99 Å². The number of anilines is 1. The van der Waals surface area contributed by atoms with Gasteiger partial charge in [0.25, 0.3) is 0 Å². The molecule has 0 saturated carbocycles. The molecule has 0 spiro atoms. The Morgan fingerprint density at radius 1 is 0.920 bits per heavy atom. The fourth-order valence-electron chi connectivity index (χ4n) is 3.10. The Labute approximate surface area is 151 Å². The van der Waals surface area contributed by atoms with E-state index in [4.69, 9.17) is 4.99 Å². The highest BCUT2D eigenvalue weighted by atomic mass is 16.1. The summed E-state index contributed by atoms with van der Waals surface area (Å²) in [6.45, 7) is 14.3. The third-order valence-corrected chi connectivity index (χ3v) is 4.60. The van der Waals surface area contributed by atoms with Gasteiger partial charge >= 0.3 is 0 Å². The zero-order valence-electron chi connectivity index (χ0n) is 16.0. The van der Waals surface area contributed by atoms with Gasteiger partial charge in [-0.3, -0.25) is 4.79 Å². The van der Waals surface area contributed by atoms with Crippen LogP contribution < -0.4 is 4.90 Å². The molecule has 134 valence electrons. The summed E-state index contributed by atoms with van der Waals surface area (Å²) in [5, 5.41) is 0. The van der Waals surface area contributed by atoms with Gasteiger partial charge in [0.2, 0.25) is 0 Å². The first kappa shape index (κ1) is 19.0. The number of hydrogen-bond acceptors (Lipinski definition) is 4. The maximum Gasteiger partial charge on any atom is 0.180 e. The van der Waals surface area contributed by atoms with Gasteiger partial charge in [0.15, 0.2) is 5.78 Å². The average molecular weight is 339 g/mol. The maximum atomic E-state index is 11.8. The number of aryl methyl sites for hydroxylation is 1. The highest BCUT2D eigenvalue weighted by Crippen LogP contribution is 2.26. The number of nitrogens with zero attached hydrogens (tertiary/aromatic N) is 3. The minimum absolute atomic E-state index is 0.0226. The van der Waals surface area contributed by atoms with E-state index >= 15 is 0 Å². The van der Waals surface area contributed by atoms with Gasteiger partial charge in [-0.1, -0.05) is 0 Å². The van der Waals surface area contributed by atoms with Crippen molar-refractivity contribution in [2.45, 2.75) is 34.6 Å². The molecule has 0 fully saturated rings. The van der Waals surface area contributed by atoms with E-state index in [1.165, 1.54) is 5.69 Å². The monoisotopic (exact) mass is 339 g/mol. The first-order valence-corrected chi connectivity index (χ1v) is 9.17. The molecule has 25 heavy (non-hydrogen) atoms. The summed E-state index contributed by atoms with van der Waals surface area (Å²) in [5.41, 5.74) is 5.07. The summed E-state index contributed by atoms with van der Waals surface area (Å²) in [7, 11) is 0. The van der Waals surface area contributed by atoms with Crippen LogP contribution in [0.15, 0.2) is 47.1 Å². The van der Waals surface area contributed by atoms with Crippen LogP contribution in [-0.2, 0) is 4.79 Å². The lowest BCUT2D eigenvalue weighted by Crippen LogP contribution is -2.28. The number of carbonyl (C=O) groups excluding carboxylic acids is 1. The molecule has 0 atom stereocenters. The van der Waals surface area contributed by atoms with Crippen molar-refractivity contribution in [2.75, 3.05) is 31.1 Å². The predicted octanol–water partition coefficient (Wildman–Crippen LogP) is 4.28. The molecule has 4 nitrogen and oxygen atoms in total. The van der Waals surface area contributed by atoms with Gasteiger partial charge in [-0.15, -0.1) is 0 Å². The van der Waals surface area contributed by atoms with Crippen molar-refractivity contribution in [3.63, 3.8) is 0 Å². The van der Waals surface area contributed by atoms with Crippen molar-refractivity contribution in [1.29, 1.82) is 0 Å². The molecule has 0 bridgehead atoms. The smallest absolute Gasteiger partial charge is 0.180 e. The van der Waals surface area contributed by atoms with Gasteiger partial charge in [-0.2, -0.15) is 0 Å². The molecule has 2 rings (SSSR count). The molecule has 0 aromatic heterocycles. The molecule has 1 aliphatic carbocycles. The van der Waals surface area contributed by atoms with Crippen LogP contribution in [0.25, 0.3) is 0 Å². The fraction of sp³-hybridized carbons (Fsp3) is 0.429. The van der Waals surface area contributed by atoms with E-state index in [-0.39, 0.29) is 5.78 Å². The number of carbonyl (C=O) groups is 1. The van der Waals surface area contributed by atoms with Crippen LogP contribution in [0.4, 0.5) is 11.4 Å². The molecule has 0 heterocycles. The van der Waals surface area contributed by atoms with Crippen LogP contribution in [0, 0.1) is 6.92 Å². The third-order valence-electron chi connectivity index (χ3n) is 4.60. The van der Waals surface area contributed by atoms with Crippen molar-refractivity contribution in [3.05, 3.63) is 47.7 Å². The van der Waals surface area contributed by atoms with Crippen molar-refractivity contribution in [3.8, 4) is 0 Å². The minimum Gasteiger partial charge on any atom is -0.372 e. The standard InChI is InChI=1S/C21H29N3O/c1-6-23(7-2)17-10-12-19(16(5)14-17)22-20-13-11-18(25)15-21(20)24(8-3)9-4/h10-15H,6-9H2,1-5H3. The van der Waals surface area contributed by atoms with E-state index in [9.17, 15) is 4.79 Å². The molecule has 1 aromatic carbocycles. The average Bonchev–Trinajstić information content (AvgIpc) is 2.61. The molecule has 1 aromatic rings. The van der Waals surface area contributed by atoms with Crippen LogP contribution >= 0.6 is 0 Å². The summed E-state index contributed by atoms with van der Waals surface area (Å²) >= 11 is 0. The number of allylic oxidation sites excluding steroid dienone is 3. The number of rotatable bonds is 7. The van der Waals surface area contributed by atoms with Gasteiger partial charge in [0.1, 0.15) is 0 Å². The number of hydrogen-bond donors (Lipinski definition) is 0. The highest BCUT2D eigenvalue weighted by molar-refractivity contribution is 6.20. The lowest BCUT2D eigenvalue weighted by molar-refractivity contribution is -0.110. The third kappa shape index (κ3) is 4.38. The van der Waals surface area contributed by atoms with Crippen molar-refractivity contribution < 1.29 is 4.79 Å². The Morgan fingerprint density at radius 2 is 1.56 bits per heavy atom. The molecule has 0 aliphatic heterocycles. The normalized spacial score (nSPS) is 15.5. The molecule has 1 aliphatic rings. The van der Waals surface area contributed by atoms with Crippen molar-refractivity contribution in [1.82, 2.24) is 4.90 Å². The molecule has 4 heteroatoms. The van der Waals surface area contributed by atoms with Crippen LogP contribution in [0.5, 0.6) is 0 Å². The van der Waals surface area contributed by atoms with E-state index in [1.54, 1.807) is 12.2 Å². The first-order valence-electron chi connectivity index (χ1n) is 9.17. The van der Waals surface area contributed by atoms with E-state index in [0.29, 0.717) is 0 Å². The second kappa shape index (κ2) is 8.65. The fourth-order valence-corrected chi connectivity index (χ4v) is 3.10. The second-order valence-corrected chi connectivity index (χ2v) is 6.08. The second-order valence-electron chi connectivity index (χ2n) is 6.08. The molecule has 0 saturated heterocycles. The van der Waals surface area contributed by atoms with Crippen LogP contribution in [0.1, 0.15) is 33.3 Å². The number of benzene rings is 1. The van der Waals surface area contributed by atoms with Crippen LogP contribution in [0.2, 0.25) is 0 Å². The quantitative estimate of drug-likeness (QED) is 0.696. The zero-order chi connectivity index (χ0) is 18.4. The van der Waals surface area contributed by atoms with Gasteiger partial charge in [0, 0.05) is 37.9 Å². The predicted molar refractivity (Wildman–Crippen MR) is 107 cm³/mol. The molecule has 0 amide bonds. The van der Waals surface area contributed by atoms with Crippen molar-refractivity contribution >= 4 is 22.9 Å². The zero-order valence-corrected chi connectivity index (χ0v) is 16.0. The van der Waals surface area contributed by atoms with E-state index < -0.39 is 0 Å². The Kier molecular flexibility index (Phi) is 6.57. The minimum atomic E-state index is 0.0226. The Hall–Kier alpha value is -2.36. The SMILES string of the molecule is CCN(CC)C1=CC(=O)C=CC1=Nc1ccc(N(CC)CC)cc1C. The Balaban J connectivity index is 2.39. The van der Waals surface area contributed by atoms with E-state index in [2.05, 4.69) is 62.6 Å². The van der Waals surface area contributed by atoms with E-state index in [1.807, 2.05) is 6.08 Å². The lowest BCUT2D eigenvalue weighted by Gasteiger charge is -2.26. The Bertz CT molecular complexity index is 708. The molecule has 0 unspecified atom stereocenters. The summed E-state index contributed by atoms with van der Waals surface area (Å²) in [6, 6.07) is 6.38. The lowest BCUT2D eigenvalue weighted by atomic mass is 10.1. The first-order chi connectivity index (χ1) is 12.0. The van der Waals surface area contributed by atoms with Gasteiger partial charge in [-0.05, 0) is 70.5 Å². The number of aliphatic imine (C=N–C) groups is 1. The summed E-state index contributed by atoms with van der Waals surface area (Å²) in [4.78, 5) is 21.2. The van der Waals surface area contributed by atoms with Gasteiger partial charge in [0.05, 0.1) is 17.1 Å².